The van der Waals surface area contributed by atoms with Crippen molar-refractivity contribution in [1.29, 1.82) is 0 Å². The van der Waals surface area contributed by atoms with Crippen molar-refractivity contribution < 1.29 is 19.1 Å². The van der Waals surface area contributed by atoms with Crippen LogP contribution in [-0.2, 0) is 20.7 Å². The Kier molecular flexibility index (Phi) is 10.9. The minimum atomic E-state index is -0.706. The number of ether oxygens (including phenoxy) is 1. The third kappa shape index (κ3) is 7.85. The largest absolute Gasteiger partial charge is 0.467 e. The molecule has 0 aliphatic heterocycles. The zero-order valence-electron chi connectivity index (χ0n) is 21.6. The summed E-state index contributed by atoms with van der Waals surface area (Å²) in [6.45, 7) is 2.01. The summed E-state index contributed by atoms with van der Waals surface area (Å²) in [4.78, 5) is 38.2. The molecule has 6 nitrogen and oxygen atoms in total. The molecule has 1 atom stereocenters. The van der Waals surface area contributed by atoms with Gasteiger partial charge in [-0.25, -0.2) is 4.79 Å². The molecule has 1 saturated carbocycles. The van der Waals surface area contributed by atoms with Crippen LogP contribution in [0.1, 0.15) is 66.4 Å². The Bertz CT molecular complexity index is 1050. The average Bonchev–Trinajstić information content (AvgIpc) is 2.90. The van der Waals surface area contributed by atoms with E-state index in [1.165, 1.54) is 26.4 Å². The quantitative estimate of drug-likeness (QED) is 0.413. The van der Waals surface area contributed by atoms with Gasteiger partial charge in [0.2, 0.25) is 5.91 Å². The molecule has 2 amide bonds. The summed E-state index contributed by atoms with van der Waals surface area (Å²) in [7, 11) is 1.33. The van der Waals surface area contributed by atoms with E-state index in [4.69, 9.17) is 4.74 Å². The Hall–Kier alpha value is -2.80. The summed E-state index contributed by atoms with van der Waals surface area (Å²) in [6.07, 6.45) is 9.21. The minimum Gasteiger partial charge on any atom is -0.467 e. The van der Waals surface area contributed by atoms with Gasteiger partial charge in [-0.1, -0.05) is 55.7 Å². The molecular weight excluding hydrogens is 472 g/mol. The fraction of sp³-hybridized carbons (Fsp3) is 0.483. The Labute approximate surface area is 219 Å². The first-order chi connectivity index (χ1) is 17.4. The van der Waals surface area contributed by atoms with Gasteiger partial charge in [0.15, 0.2) is 0 Å². The minimum absolute atomic E-state index is 0.0795. The standard InChI is InChI=1S/C29H38N2O4S/c1-20-9-7-8-12-23(20)25-19-21(14-16-27(32)30-22-10-5-4-6-11-22)13-15-24(25)28(33)31-26(17-18-36-3)29(34)35-2/h7-9,12-13,15,19,22,26H,4-6,10-11,14,16-18H2,1-3H3,(H,30,32)(H,31,33). The number of carbonyl (C=O) groups excluding carboxylic acids is 3. The van der Waals surface area contributed by atoms with Crippen LogP contribution >= 0.6 is 11.8 Å². The molecule has 0 aromatic heterocycles. The van der Waals surface area contributed by atoms with E-state index in [9.17, 15) is 14.4 Å². The third-order valence-electron chi connectivity index (χ3n) is 6.78. The molecule has 2 aromatic rings. The van der Waals surface area contributed by atoms with E-state index in [0.717, 1.165) is 40.8 Å². The molecule has 2 aromatic carbocycles. The molecule has 1 fully saturated rings. The summed E-state index contributed by atoms with van der Waals surface area (Å²) in [5, 5.41) is 6.05. The third-order valence-corrected chi connectivity index (χ3v) is 7.42. The molecule has 0 saturated heterocycles. The van der Waals surface area contributed by atoms with Gasteiger partial charge in [0.25, 0.3) is 5.91 Å². The first-order valence-electron chi connectivity index (χ1n) is 12.8. The summed E-state index contributed by atoms with van der Waals surface area (Å²) in [6, 6.07) is 13.2. The smallest absolute Gasteiger partial charge is 0.328 e. The highest BCUT2D eigenvalue weighted by Crippen LogP contribution is 2.29. The van der Waals surface area contributed by atoms with E-state index in [-0.39, 0.29) is 11.8 Å². The van der Waals surface area contributed by atoms with Crippen LogP contribution in [0.4, 0.5) is 0 Å². The second kappa shape index (κ2) is 14.1. The number of thioether (sulfide) groups is 1. The van der Waals surface area contributed by atoms with Crippen molar-refractivity contribution in [3.8, 4) is 11.1 Å². The second-order valence-corrected chi connectivity index (χ2v) is 10.4. The first kappa shape index (κ1) is 27.8. The van der Waals surface area contributed by atoms with E-state index in [0.29, 0.717) is 30.9 Å². The molecule has 2 N–H and O–H groups in total. The molecule has 0 spiro atoms. The van der Waals surface area contributed by atoms with E-state index < -0.39 is 12.0 Å². The maximum atomic E-state index is 13.4. The normalized spacial score (nSPS) is 14.6. The molecule has 194 valence electrons. The highest BCUT2D eigenvalue weighted by molar-refractivity contribution is 7.98. The lowest BCUT2D eigenvalue weighted by molar-refractivity contribution is -0.142. The highest BCUT2D eigenvalue weighted by atomic mass is 32.2. The summed E-state index contributed by atoms with van der Waals surface area (Å²) < 4.78 is 4.91. The lowest BCUT2D eigenvalue weighted by Crippen LogP contribution is -2.42. The maximum absolute atomic E-state index is 13.4. The average molecular weight is 511 g/mol. The van der Waals surface area contributed by atoms with Crippen LogP contribution in [0.3, 0.4) is 0 Å². The molecule has 0 heterocycles. The summed E-state index contributed by atoms with van der Waals surface area (Å²) in [5.41, 5.74) is 4.29. The first-order valence-corrected chi connectivity index (χ1v) is 14.2. The van der Waals surface area contributed by atoms with Crippen molar-refractivity contribution in [1.82, 2.24) is 10.6 Å². The monoisotopic (exact) mass is 510 g/mol. The van der Waals surface area contributed by atoms with Gasteiger partial charge in [0, 0.05) is 18.0 Å². The molecule has 1 aliphatic rings. The molecule has 7 heteroatoms. The van der Waals surface area contributed by atoms with E-state index >= 15 is 0 Å². The number of hydrogen-bond donors (Lipinski definition) is 2. The van der Waals surface area contributed by atoms with Gasteiger partial charge in [-0.2, -0.15) is 11.8 Å². The summed E-state index contributed by atoms with van der Waals surface area (Å²) in [5.74, 6) is 0.0460. The van der Waals surface area contributed by atoms with Crippen LogP contribution in [-0.4, -0.2) is 49.0 Å². The second-order valence-electron chi connectivity index (χ2n) is 9.43. The van der Waals surface area contributed by atoms with Crippen LogP contribution in [0.15, 0.2) is 42.5 Å². The van der Waals surface area contributed by atoms with Gasteiger partial charge in [-0.05, 0) is 72.9 Å². The molecule has 1 aliphatic carbocycles. The Morgan fingerprint density at radius 3 is 2.50 bits per heavy atom. The number of benzene rings is 2. The fourth-order valence-electron chi connectivity index (χ4n) is 4.71. The van der Waals surface area contributed by atoms with Crippen LogP contribution in [0, 0.1) is 6.92 Å². The Balaban J connectivity index is 1.80. The van der Waals surface area contributed by atoms with Crippen molar-refractivity contribution in [2.24, 2.45) is 0 Å². The van der Waals surface area contributed by atoms with Gasteiger partial charge in [-0.15, -0.1) is 0 Å². The lowest BCUT2D eigenvalue weighted by Gasteiger charge is -2.22. The van der Waals surface area contributed by atoms with Crippen LogP contribution in [0.2, 0.25) is 0 Å². The van der Waals surface area contributed by atoms with Gasteiger partial charge in [0.05, 0.1) is 7.11 Å². The highest BCUT2D eigenvalue weighted by Gasteiger charge is 2.24. The van der Waals surface area contributed by atoms with E-state index in [1.807, 2.05) is 49.6 Å². The molecule has 0 bridgehead atoms. The number of aryl methyl sites for hydroxylation is 2. The summed E-state index contributed by atoms with van der Waals surface area (Å²) >= 11 is 1.61. The van der Waals surface area contributed by atoms with Crippen molar-refractivity contribution in [2.75, 3.05) is 19.1 Å². The zero-order valence-corrected chi connectivity index (χ0v) is 22.4. The Morgan fingerprint density at radius 1 is 1.06 bits per heavy atom. The number of methoxy groups -OCH3 is 1. The van der Waals surface area contributed by atoms with E-state index in [2.05, 4.69) is 10.6 Å². The fourth-order valence-corrected chi connectivity index (χ4v) is 5.18. The number of hydrogen-bond acceptors (Lipinski definition) is 5. The number of amides is 2. The van der Waals surface area contributed by atoms with Gasteiger partial charge in [0.1, 0.15) is 6.04 Å². The number of nitrogens with one attached hydrogen (secondary N) is 2. The van der Waals surface area contributed by atoms with Crippen LogP contribution in [0.5, 0.6) is 0 Å². The van der Waals surface area contributed by atoms with Crippen LogP contribution in [0.25, 0.3) is 11.1 Å². The molecule has 1 unspecified atom stereocenters. The van der Waals surface area contributed by atoms with E-state index in [1.54, 1.807) is 17.8 Å². The predicted molar refractivity (Wildman–Crippen MR) is 146 cm³/mol. The number of carbonyl (C=O) groups is 3. The van der Waals surface area contributed by atoms with Crippen LogP contribution < -0.4 is 10.6 Å². The van der Waals surface area contributed by atoms with Crippen molar-refractivity contribution in [3.63, 3.8) is 0 Å². The Morgan fingerprint density at radius 2 is 1.81 bits per heavy atom. The predicted octanol–water partition coefficient (Wildman–Crippen LogP) is 5.07. The van der Waals surface area contributed by atoms with Crippen molar-refractivity contribution in [3.05, 3.63) is 59.2 Å². The maximum Gasteiger partial charge on any atom is 0.328 e. The van der Waals surface area contributed by atoms with Crippen molar-refractivity contribution in [2.45, 2.75) is 70.4 Å². The number of rotatable bonds is 11. The van der Waals surface area contributed by atoms with Crippen molar-refractivity contribution >= 4 is 29.5 Å². The molecule has 0 radical (unpaired) electrons. The molecule has 3 rings (SSSR count). The SMILES string of the molecule is COC(=O)C(CCSC)NC(=O)c1ccc(CCC(=O)NC2CCCCC2)cc1-c1ccccc1C. The zero-order chi connectivity index (χ0) is 25.9. The van der Waals surface area contributed by atoms with Gasteiger partial charge < -0.3 is 15.4 Å². The van der Waals surface area contributed by atoms with Gasteiger partial charge in [-0.3, -0.25) is 9.59 Å². The topological polar surface area (TPSA) is 84.5 Å². The molecule has 36 heavy (non-hydrogen) atoms. The molecular formula is C29H38N2O4S. The van der Waals surface area contributed by atoms with Gasteiger partial charge >= 0.3 is 5.97 Å². The lowest BCUT2D eigenvalue weighted by atomic mass is 9.92. The number of esters is 1.